The minimum absolute atomic E-state index is 0.0625. The molecule has 4 heterocycles. The molecule has 0 bridgehead atoms. The second kappa shape index (κ2) is 12.1. The molecule has 1 N–H and O–H groups in total. The Kier molecular flexibility index (Phi) is 8.39. The molecule has 4 aromatic rings. The lowest BCUT2D eigenvalue weighted by atomic mass is 9.64. The summed E-state index contributed by atoms with van der Waals surface area (Å²) in [7, 11) is 4.55. The highest BCUT2D eigenvalue weighted by atomic mass is 79.9. The molecule has 1 saturated heterocycles. The number of carbonyl (C=O) groups excluding carboxylic acids is 2. The number of ether oxygens (including phenoxy) is 2. The molecule has 2 aromatic carbocycles. The van der Waals surface area contributed by atoms with E-state index in [1.165, 1.54) is 34.2 Å². The van der Waals surface area contributed by atoms with E-state index >= 15 is 0 Å². The van der Waals surface area contributed by atoms with Crippen LogP contribution in [0, 0.1) is 0 Å². The summed E-state index contributed by atoms with van der Waals surface area (Å²) in [4.78, 5) is 70.3. The topological polar surface area (TPSA) is 160 Å². The molecule has 0 spiro atoms. The maximum absolute atomic E-state index is 14.2. The molecule has 4 atom stereocenters. The van der Waals surface area contributed by atoms with Gasteiger partial charge in [-0.05, 0) is 23.8 Å². The summed E-state index contributed by atoms with van der Waals surface area (Å²) in [5.41, 5.74) is -0.259. The van der Waals surface area contributed by atoms with Crippen LogP contribution in [0.15, 0.2) is 60.8 Å². The van der Waals surface area contributed by atoms with Crippen LogP contribution in [-0.4, -0.2) is 74.7 Å². The molecule has 2 aromatic heterocycles. The monoisotopic (exact) mass is 852 g/mol. The summed E-state index contributed by atoms with van der Waals surface area (Å²) in [6.07, 6.45) is 1.32. The van der Waals surface area contributed by atoms with E-state index in [1.807, 2.05) is 0 Å². The Labute approximate surface area is 309 Å². The number of fused-ring (bicyclic) bond motifs is 5. The average Bonchev–Trinajstić information content (AvgIpc) is 3.43. The van der Waals surface area contributed by atoms with Gasteiger partial charge in [0.15, 0.2) is 21.2 Å². The SMILES string of the molecule is COc1cc2nc(CCn3c(=O)n4n(c3=O)[C@@H]3C[C@@]5(Cl)C(=O)N(CBr)C(=O)[C@@]5(Cl)[C@@H](c5cc(Br)ccc5O)C3=CC4)c(=O)n(C)c2cc1OC. The molecule has 2 amide bonds. The van der Waals surface area contributed by atoms with Gasteiger partial charge in [0.2, 0.25) is 0 Å². The van der Waals surface area contributed by atoms with Gasteiger partial charge in [-0.2, -0.15) is 0 Å². The maximum Gasteiger partial charge on any atom is 0.347 e. The molecule has 2 fully saturated rings. The van der Waals surface area contributed by atoms with E-state index in [9.17, 15) is 29.1 Å². The van der Waals surface area contributed by atoms with E-state index in [1.54, 1.807) is 37.4 Å². The van der Waals surface area contributed by atoms with Gasteiger partial charge in [0, 0.05) is 54.5 Å². The van der Waals surface area contributed by atoms with Crippen LogP contribution in [0.2, 0.25) is 0 Å². The Bertz CT molecular complexity index is 2370. The van der Waals surface area contributed by atoms with Gasteiger partial charge in [0.05, 0.1) is 43.3 Å². The zero-order valence-electron chi connectivity index (χ0n) is 26.7. The summed E-state index contributed by atoms with van der Waals surface area (Å²) >= 11 is 21.0. The fourth-order valence-corrected chi connectivity index (χ4v) is 9.22. The molecule has 7 rings (SSSR count). The first kappa shape index (κ1) is 34.6. The van der Waals surface area contributed by atoms with E-state index in [4.69, 9.17) is 32.7 Å². The second-order valence-electron chi connectivity index (χ2n) is 12.2. The van der Waals surface area contributed by atoms with Crippen molar-refractivity contribution in [3.63, 3.8) is 0 Å². The number of phenolic OH excluding ortho intramolecular Hbond substituents is 1. The Hall–Kier alpha value is -3.86. The summed E-state index contributed by atoms with van der Waals surface area (Å²) in [5, 5.41) is 11.1. The zero-order chi connectivity index (χ0) is 36.0. The van der Waals surface area contributed by atoms with Crippen LogP contribution in [0.1, 0.15) is 29.6 Å². The summed E-state index contributed by atoms with van der Waals surface area (Å²) in [6, 6.07) is 6.87. The van der Waals surface area contributed by atoms with Gasteiger partial charge in [0.1, 0.15) is 11.4 Å². The molecule has 0 radical (unpaired) electrons. The zero-order valence-corrected chi connectivity index (χ0v) is 31.3. The average molecular weight is 855 g/mol. The van der Waals surface area contributed by atoms with Crippen molar-refractivity contribution in [2.24, 2.45) is 7.05 Å². The lowest BCUT2D eigenvalue weighted by Gasteiger charge is -2.49. The van der Waals surface area contributed by atoms with Crippen LogP contribution in [0.25, 0.3) is 11.0 Å². The van der Waals surface area contributed by atoms with Gasteiger partial charge in [-0.3, -0.25) is 19.3 Å². The molecule has 1 saturated carbocycles. The molecule has 2 aliphatic heterocycles. The van der Waals surface area contributed by atoms with Crippen molar-refractivity contribution in [3.05, 3.63) is 89.0 Å². The first-order valence-corrected chi connectivity index (χ1v) is 17.9. The van der Waals surface area contributed by atoms with Crippen LogP contribution >= 0.6 is 55.1 Å². The lowest BCUT2D eigenvalue weighted by molar-refractivity contribution is -0.138. The number of aromatic hydroxyl groups is 1. The van der Waals surface area contributed by atoms with E-state index in [0.717, 1.165) is 9.47 Å². The van der Waals surface area contributed by atoms with Crippen molar-refractivity contribution < 1.29 is 24.2 Å². The molecule has 18 heteroatoms. The van der Waals surface area contributed by atoms with Crippen molar-refractivity contribution in [1.29, 1.82) is 0 Å². The number of allylic oxidation sites excluding steroid dienone is 2. The molecule has 0 unspecified atom stereocenters. The fourth-order valence-electron chi connectivity index (χ4n) is 7.45. The van der Waals surface area contributed by atoms with Crippen LogP contribution in [0.3, 0.4) is 0 Å². The smallest absolute Gasteiger partial charge is 0.347 e. The maximum atomic E-state index is 14.2. The standard InChI is InChI=1S/C32H28Br2Cl2N6O8/c1-38-20-12-24(50-3)23(49-2)11-19(20)37-18(26(38)44)7-8-39-29(47)41-9-6-16-21(42(41)30(39)48)13-31(35)27(45)40(14-33)28(46)32(31,36)25(16)17-10-15(34)4-5-22(17)43/h4-6,10-12,21,25,43H,7-9,13-14H2,1-3H3/t21-,25-,31-,32+/m1/s1. The number of rotatable bonds is 7. The normalized spacial score (nSPS) is 24.2. The second-order valence-corrected chi connectivity index (χ2v) is 14.9. The van der Waals surface area contributed by atoms with Gasteiger partial charge in [-0.15, -0.1) is 23.2 Å². The van der Waals surface area contributed by atoms with E-state index in [-0.39, 0.29) is 48.4 Å². The van der Waals surface area contributed by atoms with Gasteiger partial charge in [-0.1, -0.05) is 37.9 Å². The highest BCUT2D eigenvalue weighted by molar-refractivity contribution is 9.10. The number of alkyl halides is 3. The predicted octanol–water partition coefficient (Wildman–Crippen LogP) is 3.13. The Morgan fingerprint density at radius 1 is 1.02 bits per heavy atom. The molecular formula is C32H28Br2Cl2N6O8. The van der Waals surface area contributed by atoms with Crippen LogP contribution < -0.4 is 26.4 Å². The molecule has 14 nitrogen and oxygen atoms in total. The third kappa shape index (κ3) is 4.63. The molecule has 262 valence electrons. The third-order valence-corrected chi connectivity index (χ3v) is 12.3. The predicted molar refractivity (Wildman–Crippen MR) is 190 cm³/mol. The van der Waals surface area contributed by atoms with Crippen molar-refractivity contribution in [1.82, 2.24) is 28.4 Å². The number of methoxy groups -OCH3 is 2. The van der Waals surface area contributed by atoms with E-state index < -0.39 is 50.5 Å². The number of amides is 2. The third-order valence-electron chi connectivity index (χ3n) is 9.88. The van der Waals surface area contributed by atoms with Crippen LogP contribution in [0.5, 0.6) is 17.2 Å². The number of aromatic nitrogens is 5. The number of carbonyl (C=O) groups is 2. The summed E-state index contributed by atoms with van der Waals surface area (Å²) in [5.74, 6) is -2.06. The molecule has 1 aliphatic carbocycles. The summed E-state index contributed by atoms with van der Waals surface area (Å²) < 4.78 is 16.2. The minimum atomic E-state index is -2.08. The number of phenols is 1. The lowest BCUT2D eigenvalue weighted by Crippen LogP contribution is -2.59. The minimum Gasteiger partial charge on any atom is -0.508 e. The van der Waals surface area contributed by atoms with Gasteiger partial charge in [-0.25, -0.2) is 28.5 Å². The summed E-state index contributed by atoms with van der Waals surface area (Å²) in [6.45, 7) is -0.272. The first-order chi connectivity index (χ1) is 23.7. The number of likely N-dealkylation sites (tertiary alicyclic amines) is 1. The van der Waals surface area contributed by atoms with Crippen molar-refractivity contribution in [3.8, 4) is 17.2 Å². The van der Waals surface area contributed by atoms with Gasteiger partial charge < -0.3 is 19.1 Å². The highest BCUT2D eigenvalue weighted by Gasteiger charge is 2.75. The molecule has 50 heavy (non-hydrogen) atoms. The van der Waals surface area contributed by atoms with Gasteiger partial charge in [0.25, 0.3) is 17.4 Å². The van der Waals surface area contributed by atoms with E-state index in [0.29, 0.717) is 32.6 Å². The Morgan fingerprint density at radius 3 is 2.40 bits per heavy atom. The largest absolute Gasteiger partial charge is 0.508 e. The van der Waals surface area contributed by atoms with E-state index in [2.05, 4.69) is 36.8 Å². The van der Waals surface area contributed by atoms with Crippen LogP contribution in [0.4, 0.5) is 0 Å². The Morgan fingerprint density at radius 2 is 1.72 bits per heavy atom. The number of hydrogen-bond donors (Lipinski definition) is 1. The number of nitrogens with zero attached hydrogens (tertiary/aromatic N) is 6. The van der Waals surface area contributed by atoms with Crippen molar-refractivity contribution in [2.45, 2.75) is 47.6 Å². The number of imide groups is 1. The fraction of sp³-hybridized carbons (Fsp3) is 0.375. The molecule has 3 aliphatic rings. The molecular weight excluding hydrogens is 827 g/mol. The van der Waals surface area contributed by atoms with Crippen molar-refractivity contribution in [2.75, 3.05) is 19.7 Å². The number of benzene rings is 2. The Balaban J connectivity index is 1.32. The van der Waals surface area contributed by atoms with Gasteiger partial charge >= 0.3 is 11.4 Å². The number of aryl methyl sites for hydroxylation is 2. The van der Waals surface area contributed by atoms with Crippen molar-refractivity contribution >= 4 is 77.9 Å². The van der Waals surface area contributed by atoms with Crippen LogP contribution in [-0.2, 0) is 36.1 Å². The highest BCUT2D eigenvalue weighted by Crippen LogP contribution is 2.64. The first-order valence-electron chi connectivity index (χ1n) is 15.3. The number of hydrogen-bond acceptors (Lipinski definition) is 9. The number of halogens is 4. The quantitative estimate of drug-likeness (QED) is 0.128.